The highest BCUT2D eigenvalue weighted by molar-refractivity contribution is 5.36. The molecule has 0 aromatic carbocycles. The zero-order valence-electron chi connectivity index (χ0n) is 26.5. The molecule has 1 aromatic rings. The summed E-state index contributed by atoms with van der Waals surface area (Å²) in [5.74, 6) is 0.469. The highest BCUT2D eigenvalue weighted by atomic mass is 16.5. The zero-order chi connectivity index (χ0) is 31.6. The lowest BCUT2D eigenvalue weighted by Crippen LogP contribution is -2.46. The molecule has 0 amide bonds. The van der Waals surface area contributed by atoms with Gasteiger partial charge in [-0.15, -0.1) is 0 Å². The Hall–Kier alpha value is -2.23. The molecule has 0 spiro atoms. The van der Waals surface area contributed by atoms with Crippen LogP contribution in [0.15, 0.2) is 50.7 Å². The van der Waals surface area contributed by atoms with E-state index < -0.39 is 53.9 Å². The van der Waals surface area contributed by atoms with Gasteiger partial charge in [-0.05, 0) is 46.0 Å². The monoisotopic (exact) mass is 590 g/mol. The lowest BCUT2D eigenvalue weighted by molar-refractivity contribution is -0.180. The van der Waals surface area contributed by atoms with Gasteiger partial charge in [-0.3, -0.25) is 0 Å². The standard InChI is InChI=1S/C34H54O8/c1-8-9-10-11-12-21(2)15-23(4)17-24(5)16-22(3)13-14-28(38)34(6,7)29-19-26(36)30(33(40)42-29)32-31(39)27(37)18-25(20-35)41-32/h13-14,16-17,19,21,24-25,27-28,31-32,35-39H,8-12,15,18,20H2,1-7H3/t21-,24-,25-,27-,28-,31-,32-/m0/s1. The summed E-state index contributed by atoms with van der Waals surface area (Å²) < 4.78 is 11.0. The summed E-state index contributed by atoms with van der Waals surface area (Å²) in [5, 5.41) is 51.7. The number of allylic oxidation sites excluding steroid dienone is 5. The Labute approximate surface area is 251 Å². The smallest absolute Gasteiger partial charge is 0.345 e. The predicted octanol–water partition coefficient (Wildman–Crippen LogP) is 5.61. The number of aromatic hydroxyl groups is 1. The second-order valence-electron chi connectivity index (χ2n) is 12.8. The summed E-state index contributed by atoms with van der Waals surface area (Å²) in [5.41, 5.74) is -0.0159. The van der Waals surface area contributed by atoms with E-state index in [9.17, 15) is 30.3 Å². The maximum Gasteiger partial charge on any atom is 0.345 e. The average molecular weight is 591 g/mol. The van der Waals surface area contributed by atoms with Crippen molar-refractivity contribution >= 4 is 0 Å². The Bertz CT molecular complexity index is 1130. The van der Waals surface area contributed by atoms with E-state index in [2.05, 4.69) is 39.8 Å². The van der Waals surface area contributed by atoms with Crippen molar-refractivity contribution < 1.29 is 34.7 Å². The van der Waals surface area contributed by atoms with E-state index in [1.54, 1.807) is 19.9 Å². The summed E-state index contributed by atoms with van der Waals surface area (Å²) in [6, 6.07) is 1.22. The Morgan fingerprint density at radius 3 is 2.45 bits per heavy atom. The zero-order valence-corrected chi connectivity index (χ0v) is 26.5. The largest absolute Gasteiger partial charge is 0.507 e. The highest BCUT2D eigenvalue weighted by Crippen LogP contribution is 2.37. The number of hydrogen-bond acceptors (Lipinski definition) is 8. The molecule has 5 N–H and O–H groups in total. The van der Waals surface area contributed by atoms with Crippen LogP contribution in [-0.2, 0) is 10.2 Å². The molecule has 2 rings (SSSR count). The van der Waals surface area contributed by atoms with Gasteiger partial charge in [-0.25, -0.2) is 4.79 Å². The normalized spacial score (nSPS) is 24.6. The maximum atomic E-state index is 12.9. The first kappa shape index (κ1) is 36.0. The third-order valence-corrected chi connectivity index (χ3v) is 8.21. The van der Waals surface area contributed by atoms with E-state index in [0.717, 1.165) is 12.0 Å². The third-order valence-electron chi connectivity index (χ3n) is 8.21. The SMILES string of the molecule is CCCCCC[C@H](C)CC(C)=C[C@@H](C)C=C(C)C=C[C@H](O)C(C)(C)c1cc(O)c([C@@H]2O[C@H](CO)C[C@H](O)[C@@H]2O)c(=O)o1. The van der Waals surface area contributed by atoms with Crippen molar-refractivity contribution in [3.63, 3.8) is 0 Å². The van der Waals surface area contributed by atoms with Crippen LogP contribution >= 0.6 is 0 Å². The molecule has 0 aliphatic carbocycles. The van der Waals surface area contributed by atoms with Gasteiger partial charge < -0.3 is 34.7 Å². The second-order valence-corrected chi connectivity index (χ2v) is 12.8. The molecule has 2 heterocycles. The van der Waals surface area contributed by atoms with Gasteiger partial charge in [0.2, 0.25) is 0 Å². The molecular weight excluding hydrogens is 536 g/mol. The van der Waals surface area contributed by atoms with Crippen LogP contribution in [0.4, 0.5) is 0 Å². The molecule has 1 fully saturated rings. The molecule has 42 heavy (non-hydrogen) atoms. The molecule has 7 atom stereocenters. The van der Waals surface area contributed by atoms with Crippen molar-refractivity contribution in [1.29, 1.82) is 0 Å². The van der Waals surface area contributed by atoms with Gasteiger partial charge in [0, 0.05) is 12.5 Å². The number of aliphatic hydroxyl groups excluding tert-OH is 4. The predicted molar refractivity (Wildman–Crippen MR) is 165 cm³/mol. The number of unbranched alkanes of at least 4 members (excludes halogenated alkanes) is 3. The van der Waals surface area contributed by atoms with Crippen molar-refractivity contribution in [3.8, 4) is 5.75 Å². The minimum Gasteiger partial charge on any atom is -0.507 e. The van der Waals surface area contributed by atoms with Crippen LogP contribution in [-0.4, -0.2) is 56.6 Å². The van der Waals surface area contributed by atoms with Crippen LogP contribution in [0.3, 0.4) is 0 Å². The summed E-state index contributed by atoms with van der Waals surface area (Å²) in [6.45, 7) is 13.8. The topological polar surface area (TPSA) is 141 Å². The molecule has 1 saturated heterocycles. The van der Waals surface area contributed by atoms with Crippen LogP contribution in [0.25, 0.3) is 0 Å². The fourth-order valence-electron chi connectivity index (χ4n) is 5.62. The fraction of sp³-hybridized carbons (Fsp3) is 0.676. The van der Waals surface area contributed by atoms with Gasteiger partial charge in [-0.1, -0.05) is 88.3 Å². The van der Waals surface area contributed by atoms with Gasteiger partial charge >= 0.3 is 5.63 Å². The molecule has 0 bridgehead atoms. The van der Waals surface area contributed by atoms with Crippen molar-refractivity contribution in [1.82, 2.24) is 0 Å². The third kappa shape index (κ3) is 10.2. The van der Waals surface area contributed by atoms with E-state index in [1.807, 2.05) is 13.0 Å². The second kappa shape index (κ2) is 16.6. The Kier molecular flexibility index (Phi) is 14.2. The molecule has 8 nitrogen and oxygen atoms in total. The molecular formula is C34H54O8. The minimum absolute atomic E-state index is 0.00909. The van der Waals surface area contributed by atoms with Crippen molar-refractivity contribution in [3.05, 3.63) is 63.3 Å². The van der Waals surface area contributed by atoms with E-state index in [4.69, 9.17) is 9.15 Å². The van der Waals surface area contributed by atoms with Crippen LogP contribution in [0.5, 0.6) is 5.75 Å². The van der Waals surface area contributed by atoms with Crippen molar-refractivity contribution in [2.75, 3.05) is 6.61 Å². The Morgan fingerprint density at radius 2 is 1.83 bits per heavy atom. The molecule has 1 aliphatic rings. The Balaban J connectivity index is 2.10. The molecule has 1 aliphatic heterocycles. The molecule has 8 heteroatoms. The molecule has 238 valence electrons. The van der Waals surface area contributed by atoms with Gasteiger partial charge in [-0.2, -0.15) is 0 Å². The van der Waals surface area contributed by atoms with Crippen LogP contribution < -0.4 is 5.63 Å². The van der Waals surface area contributed by atoms with Crippen LogP contribution in [0, 0.1) is 11.8 Å². The minimum atomic E-state index is -1.48. The van der Waals surface area contributed by atoms with Gasteiger partial charge in [0.15, 0.2) is 0 Å². The molecule has 0 radical (unpaired) electrons. The summed E-state index contributed by atoms with van der Waals surface area (Å²) in [7, 11) is 0. The van der Waals surface area contributed by atoms with Crippen LogP contribution in [0.2, 0.25) is 0 Å². The number of rotatable bonds is 15. The molecule has 1 aromatic heterocycles. The average Bonchev–Trinajstić information content (AvgIpc) is 2.91. The van der Waals surface area contributed by atoms with Crippen molar-refractivity contribution in [2.24, 2.45) is 11.8 Å². The lowest BCUT2D eigenvalue weighted by atomic mass is 9.82. The lowest BCUT2D eigenvalue weighted by Gasteiger charge is -2.36. The summed E-state index contributed by atoms with van der Waals surface area (Å²) >= 11 is 0. The fourth-order valence-corrected chi connectivity index (χ4v) is 5.62. The Morgan fingerprint density at radius 1 is 1.14 bits per heavy atom. The first-order valence-corrected chi connectivity index (χ1v) is 15.4. The highest BCUT2D eigenvalue weighted by Gasteiger charge is 2.41. The van der Waals surface area contributed by atoms with Gasteiger partial charge in [0.25, 0.3) is 0 Å². The summed E-state index contributed by atoms with van der Waals surface area (Å²) in [4.78, 5) is 12.9. The summed E-state index contributed by atoms with van der Waals surface area (Å²) in [6.07, 6.45) is 9.45. The quantitative estimate of drug-likeness (QED) is 0.101. The first-order valence-electron chi connectivity index (χ1n) is 15.4. The first-order chi connectivity index (χ1) is 19.7. The number of ether oxygens (including phenoxy) is 1. The van der Waals surface area contributed by atoms with Crippen LogP contribution in [0.1, 0.15) is 111 Å². The van der Waals surface area contributed by atoms with E-state index in [-0.39, 0.29) is 23.7 Å². The van der Waals surface area contributed by atoms with Gasteiger partial charge in [0.05, 0.1) is 30.3 Å². The van der Waals surface area contributed by atoms with Crippen molar-refractivity contribution in [2.45, 2.75) is 129 Å². The maximum absolute atomic E-state index is 12.9. The molecule has 0 saturated carbocycles. The van der Waals surface area contributed by atoms with E-state index in [0.29, 0.717) is 5.92 Å². The van der Waals surface area contributed by atoms with E-state index in [1.165, 1.54) is 43.7 Å². The molecule has 0 unspecified atom stereocenters. The van der Waals surface area contributed by atoms with E-state index >= 15 is 0 Å². The number of aliphatic hydroxyl groups is 4. The van der Waals surface area contributed by atoms with Gasteiger partial charge in [0.1, 0.15) is 29.3 Å². The number of hydrogen-bond donors (Lipinski definition) is 5.